The minimum Gasteiger partial charge on any atom is -0.325 e. The predicted octanol–water partition coefficient (Wildman–Crippen LogP) is 3.29. The zero-order valence-corrected chi connectivity index (χ0v) is 15.1. The number of anilines is 1. The molecule has 6 heteroatoms. The Morgan fingerprint density at radius 1 is 1.20 bits per heavy atom. The number of carbonyl (C=O) groups excluding carboxylic acids is 1. The van der Waals surface area contributed by atoms with Gasteiger partial charge in [-0.3, -0.25) is 4.79 Å². The average molecular weight is 353 g/mol. The quantitative estimate of drug-likeness (QED) is 0.528. The van der Waals surface area contributed by atoms with Crippen LogP contribution in [0.25, 0.3) is 5.69 Å². The minimum atomic E-state index is -0.0309. The number of carbonyl (C=O) groups is 1. The summed E-state index contributed by atoms with van der Waals surface area (Å²) >= 11 is 1.40. The van der Waals surface area contributed by atoms with Gasteiger partial charge in [0.05, 0.1) is 5.75 Å². The zero-order valence-electron chi connectivity index (χ0n) is 14.3. The molecule has 0 atom stereocenters. The summed E-state index contributed by atoms with van der Waals surface area (Å²) in [5, 5.41) is 6.87. The molecule has 0 aliphatic carbocycles. The third kappa shape index (κ3) is 4.09. The molecule has 128 valence electrons. The fourth-order valence-corrected chi connectivity index (χ4v) is 3.37. The van der Waals surface area contributed by atoms with Crippen molar-refractivity contribution in [2.45, 2.75) is 25.4 Å². The van der Waals surface area contributed by atoms with Gasteiger partial charge >= 0.3 is 5.16 Å². The van der Waals surface area contributed by atoms with Crippen molar-refractivity contribution in [2.24, 2.45) is 0 Å². The van der Waals surface area contributed by atoms with Crippen LogP contribution in [-0.4, -0.2) is 21.7 Å². The van der Waals surface area contributed by atoms with Crippen LogP contribution >= 0.6 is 11.8 Å². The number of para-hydroxylation sites is 2. The molecule has 0 aliphatic heterocycles. The first kappa shape index (κ1) is 17.2. The van der Waals surface area contributed by atoms with Crippen molar-refractivity contribution in [1.82, 2.24) is 10.1 Å². The summed E-state index contributed by atoms with van der Waals surface area (Å²) in [6.45, 7) is 4.10. The first-order valence-electron chi connectivity index (χ1n) is 8.21. The highest BCUT2D eigenvalue weighted by Gasteiger charge is 2.19. The molecule has 3 aromatic rings. The Morgan fingerprint density at radius 3 is 2.76 bits per heavy atom. The van der Waals surface area contributed by atoms with Gasteiger partial charge in [0.25, 0.3) is 0 Å². The smallest absolute Gasteiger partial charge is 0.325 e. The van der Waals surface area contributed by atoms with E-state index in [1.165, 1.54) is 11.8 Å². The lowest BCUT2D eigenvalue weighted by Crippen LogP contribution is -2.35. The van der Waals surface area contributed by atoms with E-state index >= 15 is 0 Å². The van der Waals surface area contributed by atoms with E-state index in [0.717, 1.165) is 34.1 Å². The second-order valence-electron chi connectivity index (χ2n) is 5.64. The Hall–Kier alpha value is -2.60. The van der Waals surface area contributed by atoms with Gasteiger partial charge in [-0.1, -0.05) is 43.3 Å². The first-order valence-corrected chi connectivity index (χ1v) is 9.19. The van der Waals surface area contributed by atoms with Crippen molar-refractivity contribution in [3.63, 3.8) is 0 Å². The molecule has 0 aliphatic rings. The highest BCUT2D eigenvalue weighted by atomic mass is 32.2. The van der Waals surface area contributed by atoms with Crippen LogP contribution in [0, 0.1) is 6.92 Å². The molecule has 0 spiro atoms. The predicted molar refractivity (Wildman–Crippen MR) is 100 cm³/mol. The number of benzene rings is 2. The fraction of sp³-hybridized carbons (Fsp3) is 0.211. The van der Waals surface area contributed by atoms with E-state index in [0.29, 0.717) is 5.75 Å². The normalized spacial score (nSPS) is 10.6. The fourth-order valence-electron chi connectivity index (χ4n) is 2.63. The molecule has 0 fully saturated rings. The van der Waals surface area contributed by atoms with Crippen LogP contribution in [0.4, 0.5) is 5.69 Å². The lowest BCUT2D eigenvalue weighted by molar-refractivity contribution is -0.694. The number of aromatic amines is 1. The second-order valence-corrected chi connectivity index (χ2v) is 6.58. The summed E-state index contributed by atoms with van der Waals surface area (Å²) in [5.41, 5.74) is 4.14. The highest BCUT2D eigenvalue weighted by molar-refractivity contribution is 7.99. The minimum absolute atomic E-state index is 0.0309. The van der Waals surface area contributed by atoms with E-state index in [2.05, 4.69) is 22.3 Å². The maximum Gasteiger partial charge on any atom is 0.385 e. The summed E-state index contributed by atoms with van der Waals surface area (Å²) in [7, 11) is 0. The molecule has 0 saturated heterocycles. The number of amides is 1. The number of nitrogens with one attached hydrogen (secondary N) is 2. The van der Waals surface area contributed by atoms with Crippen LogP contribution in [0.3, 0.4) is 0 Å². The molecule has 0 saturated carbocycles. The molecule has 1 amide bonds. The average Bonchev–Trinajstić information content (AvgIpc) is 3.11. The van der Waals surface area contributed by atoms with Crippen molar-refractivity contribution in [3.05, 3.63) is 66.0 Å². The summed E-state index contributed by atoms with van der Waals surface area (Å²) in [6, 6.07) is 16.0. The van der Waals surface area contributed by atoms with E-state index in [1.54, 1.807) is 6.33 Å². The Labute approximate surface area is 151 Å². The van der Waals surface area contributed by atoms with E-state index < -0.39 is 0 Å². The molecule has 25 heavy (non-hydrogen) atoms. The van der Waals surface area contributed by atoms with Crippen molar-refractivity contribution >= 4 is 23.4 Å². The van der Waals surface area contributed by atoms with Crippen molar-refractivity contribution < 1.29 is 9.48 Å². The van der Waals surface area contributed by atoms with Crippen LogP contribution in [0.15, 0.2) is 60.0 Å². The molecule has 3 rings (SSSR count). The second kappa shape index (κ2) is 7.98. The number of thioether (sulfide) groups is 1. The van der Waals surface area contributed by atoms with Gasteiger partial charge in [-0.2, -0.15) is 5.10 Å². The zero-order chi connectivity index (χ0) is 17.6. The van der Waals surface area contributed by atoms with Gasteiger partial charge in [0.15, 0.2) is 5.69 Å². The Balaban J connectivity index is 1.68. The maximum atomic E-state index is 12.4. The SMILES string of the molecule is CCc1cccc(C)c1NC(=O)CSc1nc[nH][n+]1-c1ccccc1. The van der Waals surface area contributed by atoms with Crippen LogP contribution < -0.4 is 10.00 Å². The number of aryl methyl sites for hydroxylation is 2. The monoisotopic (exact) mass is 353 g/mol. The van der Waals surface area contributed by atoms with Gasteiger partial charge < -0.3 is 5.32 Å². The molecule has 1 aromatic heterocycles. The largest absolute Gasteiger partial charge is 0.385 e. The van der Waals surface area contributed by atoms with Crippen LogP contribution in [0.1, 0.15) is 18.1 Å². The number of hydrogen-bond donors (Lipinski definition) is 2. The number of rotatable bonds is 6. The summed E-state index contributed by atoms with van der Waals surface area (Å²) in [6.07, 6.45) is 2.52. The van der Waals surface area contributed by atoms with E-state index in [-0.39, 0.29) is 5.91 Å². The van der Waals surface area contributed by atoms with Crippen LogP contribution in [-0.2, 0) is 11.2 Å². The van der Waals surface area contributed by atoms with Gasteiger partial charge in [0, 0.05) is 5.69 Å². The molecule has 2 aromatic carbocycles. The van der Waals surface area contributed by atoms with Crippen molar-refractivity contribution in [3.8, 4) is 5.69 Å². The van der Waals surface area contributed by atoms with Crippen LogP contribution in [0.2, 0.25) is 0 Å². The third-order valence-electron chi connectivity index (χ3n) is 3.90. The number of nitrogens with zero attached hydrogens (tertiary/aromatic N) is 2. The lowest BCUT2D eigenvalue weighted by atomic mass is 10.1. The van der Waals surface area contributed by atoms with Crippen molar-refractivity contribution in [1.29, 1.82) is 0 Å². The molecule has 1 heterocycles. The van der Waals surface area contributed by atoms with Gasteiger partial charge in [-0.05, 0) is 53.4 Å². The topological polar surface area (TPSA) is 61.7 Å². The van der Waals surface area contributed by atoms with E-state index in [1.807, 2.05) is 60.1 Å². The Kier molecular flexibility index (Phi) is 5.50. The van der Waals surface area contributed by atoms with E-state index in [4.69, 9.17) is 0 Å². The van der Waals surface area contributed by atoms with Gasteiger partial charge in [0.1, 0.15) is 0 Å². The molecular formula is C19H21N4OS+. The van der Waals surface area contributed by atoms with Gasteiger partial charge in [0.2, 0.25) is 12.2 Å². The van der Waals surface area contributed by atoms with Gasteiger partial charge in [-0.15, -0.1) is 4.68 Å². The highest BCUT2D eigenvalue weighted by Crippen LogP contribution is 2.22. The molecule has 2 N–H and O–H groups in total. The van der Waals surface area contributed by atoms with Crippen LogP contribution in [0.5, 0.6) is 0 Å². The van der Waals surface area contributed by atoms with E-state index in [9.17, 15) is 4.79 Å². The number of aromatic nitrogens is 3. The van der Waals surface area contributed by atoms with Crippen molar-refractivity contribution in [2.75, 3.05) is 11.1 Å². The number of H-pyrrole nitrogens is 1. The first-order chi connectivity index (χ1) is 12.2. The third-order valence-corrected chi connectivity index (χ3v) is 4.86. The molecule has 0 bridgehead atoms. The summed E-state index contributed by atoms with van der Waals surface area (Å²) in [5.74, 6) is 0.270. The number of hydrogen-bond acceptors (Lipinski definition) is 3. The maximum absolute atomic E-state index is 12.4. The standard InChI is InChI=1S/C19H20N4OS/c1-3-15-9-7-8-14(2)18(15)22-17(24)12-25-19-20-13-21-23(19)16-10-5-4-6-11-16/h4-11,13H,3,12H2,1-2H3,(H,22,24)/p+1. The van der Waals surface area contributed by atoms with Gasteiger partial charge in [-0.25, -0.2) is 0 Å². The summed E-state index contributed by atoms with van der Waals surface area (Å²) < 4.78 is 1.86. The molecule has 0 unspecified atom stereocenters. The Bertz CT molecular complexity index is 861. The molecule has 0 radical (unpaired) electrons. The lowest BCUT2D eigenvalue weighted by Gasteiger charge is -2.12. The Morgan fingerprint density at radius 2 is 2.00 bits per heavy atom. The molecular weight excluding hydrogens is 332 g/mol. The summed E-state index contributed by atoms with van der Waals surface area (Å²) in [4.78, 5) is 16.7. The molecule has 5 nitrogen and oxygen atoms in total.